The summed E-state index contributed by atoms with van der Waals surface area (Å²) in [4.78, 5) is 47.7. The van der Waals surface area contributed by atoms with Crippen LogP contribution >= 0.6 is 11.6 Å². The van der Waals surface area contributed by atoms with Crippen LogP contribution in [-0.4, -0.2) is 57.2 Å². The van der Waals surface area contributed by atoms with E-state index in [0.29, 0.717) is 56.6 Å². The fourth-order valence-corrected chi connectivity index (χ4v) is 15.1. The lowest BCUT2D eigenvalue weighted by Gasteiger charge is -2.44. The van der Waals surface area contributed by atoms with E-state index in [1.807, 2.05) is 97.1 Å². The second-order valence-electron chi connectivity index (χ2n) is 24.3. The highest BCUT2D eigenvalue weighted by Crippen LogP contribution is 2.49. The monoisotopic (exact) mass is 1130 g/mol. The van der Waals surface area contributed by atoms with Crippen LogP contribution in [0.3, 0.4) is 0 Å². The average Bonchev–Trinajstić information content (AvgIpc) is 4.29. The second kappa shape index (κ2) is 25.0. The van der Waals surface area contributed by atoms with Crippen LogP contribution in [-0.2, 0) is 50.8 Å². The van der Waals surface area contributed by atoms with E-state index in [2.05, 4.69) is 113 Å². The Morgan fingerprint density at radius 3 is 1.60 bits per heavy atom. The van der Waals surface area contributed by atoms with Gasteiger partial charge in [0.05, 0.1) is 11.3 Å². The molecule has 4 unspecified atom stereocenters. The van der Waals surface area contributed by atoms with Gasteiger partial charge in [-0.15, -0.1) is 0 Å². The van der Waals surface area contributed by atoms with Crippen molar-refractivity contribution in [2.24, 2.45) is 5.92 Å². The maximum atomic E-state index is 15.6. The number of hydrogen-bond donors (Lipinski definition) is 2. The highest BCUT2D eigenvalue weighted by molar-refractivity contribution is 6.30. The van der Waals surface area contributed by atoms with Gasteiger partial charge in [-0.05, 0) is 139 Å². The van der Waals surface area contributed by atoms with Gasteiger partial charge in [-0.2, -0.15) is 0 Å². The van der Waals surface area contributed by atoms with E-state index in [1.165, 1.54) is 5.56 Å². The highest BCUT2D eigenvalue weighted by atomic mass is 35.5. The summed E-state index contributed by atoms with van der Waals surface area (Å²) in [6.07, 6.45) is 11.1. The molecule has 0 spiro atoms. The molecule has 10 heteroatoms. The van der Waals surface area contributed by atoms with Crippen molar-refractivity contribution in [2.75, 3.05) is 44.2 Å². The lowest BCUT2D eigenvalue weighted by atomic mass is 9.70. The van der Waals surface area contributed by atoms with E-state index >= 15 is 4.79 Å². The molecule has 7 aromatic carbocycles. The number of piperidine rings is 3. The number of carbonyl (C=O) groups excluding carboxylic acids is 3. The number of hydrogen-bond acceptors (Lipinski definition) is 9. The summed E-state index contributed by atoms with van der Waals surface area (Å²) in [5, 5.41) is 7.65. The van der Waals surface area contributed by atoms with Gasteiger partial charge in [-0.3, -0.25) is 14.4 Å². The molecular weight excluding hydrogens is 1050 g/mol. The minimum absolute atomic E-state index is 0.0228. The minimum atomic E-state index is -0.848. The standard InChI is InChI=1S/C73H78ClN3O6/c74-63-34-32-59(33-35-63)70(36-13-14-37-70)69(80)83-72(40-46-76-47-41-72)62-30-17-31-64(52-62)77-48-42-73(43-49-77,61-28-11-4-12-29-61)82-68(79)66(54-20-7-2-8-21-54)58-25-16-23-56(51-58)55-22-15-24-57(50-55)65(53-18-5-1-6-19-53)67(78)81-71(38-44-75-45-39-71)60-26-9-3-10-27-60/h1-12,15,17-22,24,26-35,50,52,56,58,65-66,75-76H,13-14,16,23,25,36-49,51H2. The van der Waals surface area contributed by atoms with E-state index in [9.17, 15) is 9.59 Å². The first-order valence-corrected chi connectivity index (χ1v) is 31.1. The third kappa shape index (κ3) is 11.9. The summed E-state index contributed by atoms with van der Waals surface area (Å²) in [5.74, 6) is -1.47. The number of nitrogens with zero attached hydrogens (tertiary/aromatic N) is 1. The van der Waals surface area contributed by atoms with Gasteiger partial charge in [0, 0.05) is 62.3 Å². The van der Waals surface area contributed by atoms with Crippen LogP contribution < -0.4 is 15.5 Å². The van der Waals surface area contributed by atoms with Gasteiger partial charge in [0.2, 0.25) is 0 Å². The van der Waals surface area contributed by atoms with E-state index < -0.39 is 34.1 Å². The zero-order chi connectivity index (χ0) is 56.7. The second-order valence-corrected chi connectivity index (χ2v) is 24.7. The summed E-state index contributed by atoms with van der Waals surface area (Å²) in [5.41, 5.74) is 6.05. The van der Waals surface area contributed by atoms with Crippen LogP contribution in [0.2, 0.25) is 5.02 Å². The molecule has 7 aromatic rings. The molecule has 9 nitrogen and oxygen atoms in total. The van der Waals surface area contributed by atoms with Gasteiger partial charge in [-0.25, -0.2) is 0 Å². The van der Waals surface area contributed by atoms with Gasteiger partial charge in [0.25, 0.3) is 0 Å². The minimum Gasteiger partial charge on any atom is -0.454 e. The summed E-state index contributed by atoms with van der Waals surface area (Å²) in [7, 11) is 0. The molecule has 12 rings (SSSR count). The number of esters is 3. The number of rotatable bonds is 16. The molecule has 0 aromatic heterocycles. The molecule has 428 valence electrons. The molecule has 4 atom stereocenters. The quantitative estimate of drug-likeness (QED) is 0.0723. The van der Waals surface area contributed by atoms with Crippen LogP contribution in [0.4, 0.5) is 5.69 Å². The Kier molecular flexibility index (Phi) is 17.0. The molecule has 2 saturated carbocycles. The molecule has 3 aliphatic heterocycles. The molecule has 0 amide bonds. The first kappa shape index (κ1) is 56.4. The fourth-order valence-electron chi connectivity index (χ4n) is 14.9. The third-order valence-electron chi connectivity index (χ3n) is 19.5. The summed E-state index contributed by atoms with van der Waals surface area (Å²) < 4.78 is 20.9. The predicted octanol–water partition coefficient (Wildman–Crippen LogP) is 14.7. The number of nitrogens with one attached hydrogen (secondary N) is 2. The van der Waals surface area contributed by atoms with Gasteiger partial charge in [-0.1, -0.05) is 201 Å². The molecule has 3 heterocycles. The zero-order valence-corrected chi connectivity index (χ0v) is 48.5. The van der Waals surface area contributed by atoms with Crippen LogP contribution in [0, 0.1) is 5.92 Å². The van der Waals surface area contributed by atoms with Gasteiger partial charge in [0.1, 0.15) is 22.7 Å². The Morgan fingerprint density at radius 1 is 0.470 bits per heavy atom. The molecule has 3 saturated heterocycles. The molecular formula is C73H78ClN3O6. The maximum absolute atomic E-state index is 15.6. The fraction of sp³-hybridized carbons (Fsp3) is 0.384. The smallest absolute Gasteiger partial charge is 0.318 e. The molecule has 0 bridgehead atoms. The van der Waals surface area contributed by atoms with Crippen molar-refractivity contribution in [1.29, 1.82) is 0 Å². The number of carbonyl (C=O) groups is 3. The first-order valence-electron chi connectivity index (χ1n) is 30.7. The molecule has 5 fully saturated rings. The molecule has 0 radical (unpaired) electrons. The highest BCUT2D eigenvalue weighted by Gasteiger charge is 2.50. The average molecular weight is 1130 g/mol. The normalized spacial score (nSPS) is 21.6. The Labute approximate surface area is 495 Å². The van der Waals surface area contributed by atoms with Gasteiger partial charge in [0.15, 0.2) is 0 Å². The largest absolute Gasteiger partial charge is 0.454 e. The molecule has 2 N–H and O–H groups in total. The van der Waals surface area contributed by atoms with E-state index in [-0.39, 0.29) is 29.7 Å². The van der Waals surface area contributed by atoms with Crippen molar-refractivity contribution in [2.45, 2.75) is 130 Å². The summed E-state index contributed by atoms with van der Waals surface area (Å²) >= 11 is 6.34. The summed E-state index contributed by atoms with van der Waals surface area (Å²) in [6, 6.07) is 66.0. The molecule has 83 heavy (non-hydrogen) atoms. The number of anilines is 1. The van der Waals surface area contributed by atoms with Crippen molar-refractivity contribution in [1.82, 2.24) is 10.6 Å². The topological polar surface area (TPSA) is 106 Å². The molecule has 2 aliphatic carbocycles. The Morgan fingerprint density at radius 2 is 0.988 bits per heavy atom. The van der Waals surface area contributed by atoms with Crippen molar-refractivity contribution >= 4 is 35.2 Å². The SMILES string of the molecule is O=C(OC1(c2ccccc2)CCNCC1)C(c1ccccc1)c1cccc(C2CCCC(C(C(=O)OC3(c4ccccc4)CCN(c4cccc(C5(OC(=O)C6(c7ccc(Cl)cc7)CCCC6)CCNCC5)c4)CC3)c3ccccc3)C2)c1. The summed E-state index contributed by atoms with van der Waals surface area (Å²) in [6.45, 7) is 4.37. The van der Waals surface area contributed by atoms with Crippen LogP contribution in [0.1, 0.15) is 152 Å². The Bertz CT molecular complexity index is 3300. The Hall–Kier alpha value is -7.04. The maximum Gasteiger partial charge on any atom is 0.318 e. The van der Waals surface area contributed by atoms with Crippen molar-refractivity contribution < 1.29 is 28.6 Å². The van der Waals surface area contributed by atoms with Crippen LogP contribution in [0.15, 0.2) is 194 Å². The van der Waals surface area contributed by atoms with Crippen LogP contribution in [0.5, 0.6) is 0 Å². The zero-order valence-electron chi connectivity index (χ0n) is 47.7. The predicted molar refractivity (Wildman–Crippen MR) is 328 cm³/mol. The third-order valence-corrected chi connectivity index (χ3v) is 19.8. The Balaban J connectivity index is 0.787. The number of halogens is 1. The number of benzene rings is 7. The lowest BCUT2D eigenvalue weighted by Crippen LogP contribution is -2.47. The van der Waals surface area contributed by atoms with Gasteiger partial charge >= 0.3 is 17.9 Å². The number of ether oxygens (including phenoxy) is 3. The van der Waals surface area contributed by atoms with Crippen molar-refractivity contribution in [3.8, 4) is 0 Å². The van der Waals surface area contributed by atoms with E-state index in [4.69, 9.17) is 25.8 Å². The lowest BCUT2D eigenvalue weighted by molar-refractivity contribution is -0.172. The van der Waals surface area contributed by atoms with Crippen molar-refractivity contribution in [3.05, 3.63) is 244 Å². The van der Waals surface area contributed by atoms with E-state index in [0.717, 1.165) is 122 Å². The van der Waals surface area contributed by atoms with E-state index in [1.54, 1.807) is 0 Å². The van der Waals surface area contributed by atoms with Crippen molar-refractivity contribution in [3.63, 3.8) is 0 Å². The van der Waals surface area contributed by atoms with Crippen LogP contribution in [0.25, 0.3) is 0 Å². The first-order chi connectivity index (χ1) is 40.6. The van der Waals surface area contributed by atoms with Gasteiger partial charge < -0.3 is 29.7 Å². The molecule has 5 aliphatic rings.